The molecule has 3 aromatic heterocycles. The quantitative estimate of drug-likeness (QED) is 0.289. The summed E-state index contributed by atoms with van der Waals surface area (Å²) in [6, 6.07) is 3.98. The van der Waals surface area contributed by atoms with Crippen molar-refractivity contribution in [3.63, 3.8) is 0 Å². The van der Waals surface area contributed by atoms with E-state index in [1.54, 1.807) is 28.9 Å². The van der Waals surface area contributed by atoms with E-state index in [-0.39, 0.29) is 24.0 Å². The van der Waals surface area contributed by atoms with Crippen LogP contribution in [0.3, 0.4) is 0 Å². The highest BCUT2D eigenvalue weighted by atomic mass is 127. The first-order chi connectivity index (χ1) is 12.2. The third-order valence-electron chi connectivity index (χ3n) is 3.33. The number of aliphatic imine (C=N–C) groups is 1. The maximum Gasteiger partial charge on any atom is 0.236 e. The van der Waals surface area contributed by atoms with Gasteiger partial charge in [-0.15, -0.1) is 46.7 Å². The molecular weight excluding hydrogens is 481 g/mol. The summed E-state index contributed by atoms with van der Waals surface area (Å²) in [4.78, 5) is 15.7. The highest BCUT2D eigenvalue weighted by Gasteiger charge is 2.07. The fourth-order valence-electron chi connectivity index (χ4n) is 2.20. The molecule has 26 heavy (non-hydrogen) atoms. The van der Waals surface area contributed by atoms with Gasteiger partial charge >= 0.3 is 0 Å². The summed E-state index contributed by atoms with van der Waals surface area (Å²) in [6.45, 7) is 6.19. The molecule has 0 aliphatic carbocycles. The Balaban J connectivity index is 0.00000243. The van der Waals surface area contributed by atoms with Gasteiger partial charge in [-0.25, -0.2) is 15.0 Å². The number of aryl methyl sites for hydroxylation is 1. The van der Waals surface area contributed by atoms with E-state index in [1.165, 1.54) is 4.88 Å². The van der Waals surface area contributed by atoms with Crippen LogP contribution in [0.15, 0.2) is 39.4 Å². The first-order valence-electron chi connectivity index (χ1n) is 8.16. The molecule has 0 aliphatic rings. The van der Waals surface area contributed by atoms with E-state index < -0.39 is 0 Å². The molecule has 0 aromatic carbocycles. The molecule has 0 unspecified atom stereocenters. The molecule has 3 rings (SSSR count). The van der Waals surface area contributed by atoms with Crippen molar-refractivity contribution >= 4 is 52.6 Å². The second kappa shape index (κ2) is 10.6. The Labute approximate surface area is 178 Å². The van der Waals surface area contributed by atoms with Crippen molar-refractivity contribution < 1.29 is 4.42 Å². The van der Waals surface area contributed by atoms with Crippen molar-refractivity contribution in [3.8, 4) is 10.8 Å². The van der Waals surface area contributed by atoms with Gasteiger partial charge in [0.25, 0.3) is 0 Å². The maximum atomic E-state index is 5.52. The molecule has 0 saturated heterocycles. The Bertz CT molecular complexity index is 813. The first-order valence-corrected chi connectivity index (χ1v) is 9.86. The molecule has 140 valence electrons. The maximum absolute atomic E-state index is 5.52. The smallest absolute Gasteiger partial charge is 0.236 e. The minimum absolute atomic E-state index is 0. The number of nitrogens with zero attached hydrogens (tertiary/aromatic N) is 3. The SMILES string of the molecule is CCNC(=NCc1coc(-c2cccs2)n1)NCCc1ncc(C)s1.I. The minimum Gasteiger partial charge on any atom is -0.443 e. The van der Waals surface area contributed by atoms with Crippen LogP contribution >= 0.6 is 46.7 Å². The largest absolute Gasteiger partial charge is 0.443 e. The Morgan fingerprint density at radius 3 is 2.92 bits per heavy atom. The van der Waals surface area contributed by atoms with Gasteiger partial charge in [-0.1, -0.05) is 6.07 Å². The van der Waals surface area contributed by atoms with Crippen LogP contribution in [0.1, 0.15) is 22.5 Å². The van der Waals surface area contributed by atoms with Gasteiger partial charge in [0.05, 0.1) is 16.4 Å². The van der Waals surface area contributed by atoms with Crippen molar-refractivity contribution in [2.45, 2.75) is 26.8 Å². The summed E-state index contributed by atoms with van der Waals surface area (Å²) in [5, 5.41) is 9.72. The zero-order valence-corrected chi connectivity index (χ0v) is 18.7. The Hall–Kier alpha value is -1.46. The second-order valence-electron chi connectivity index (χ2n) is 5.36. The van der Waals surface area contributed by atoms with Gasteiger partial charge in [0.2, 0.25) is 5.89 Å². The van der Waals surface area contributed by atoms with Gasteiger partial charge < -0.3 is 15.1 Å². The molecular formula is C17H22IN5OS2. The summed E-state index contributed by atoms with van der Waals surface area (Å²) in [6.07, 6.45) is 4.46. The van der Waals surface area contributed by atoms with Crippen molar-refractivity contribution in [2.75, 3.05) is 13.1 Å². The third kappa shape index (κ3) is 6.06. The molecule has 0 fully saturated rings. The third-order valence-corrected chi connectivity index (χ3v) is 5.16. The summed E-state index contributed by atoms with van der Waals surface area (Å²) < 4.78 is 5.52. The van der Waals surface area contributed by atoms with E-state index in [1.807, 2.05) is 30.6 Å². The van der Waals surface area contributed by atoms with Crippen molar-refractivity contribution in [1.29, 1.82) is 0 Å². The Kier molecular flexibility index (Phi) is 8.52. The monoisotopic (exact) mass is 503 g/mol. The zero-order valence-electron chi connectivity index (χ0n) is 14.7. The highest BCUT2D eigenvalue weighted by Crippen LogP contribution is 2.23. The molecule has 9 heteroatoms. The Morgan fingerprint density at radius 1 is 1.35 bits per heavy atom. The minimum atomic E-state index is 0. The predicted molar refractivity (Wildman–Crippen MR) is 119 cm³/mol. The Morgan fingerprint density at radius 2 is 2.23 bits per heavy atom. The lowest BCUT2D eigenvalue weighted by molar-refractivity contribution is 0.574. The van der Waals surface area contributed by atoms with Gasteiger partial charge in [-0.2, -0.15) is 0 Å². The number of thiophene rings is 1. The van der Waals surface area contributed by atoms with Crippen molar-refractivity contribution in [1.82, 2.24) is 20.6 Å². The van der Waals surface area contributed by atoms with E-state index in [4.69, 9.17) is 4.42 Å². The number of guanidine groups is 1. The number of hydrogen-bond donors (Lipinski definition) is 2. The zero-order chi connectivity index (χ0) is 17.5. The number of thiazole rings is 1. The van der Waals surface area contributed by atoms with E-state index >= 15 is 0 Å². The molecule has 0 spiro atoms. The van der Waals surface area contributed by atoms with Crippen LogP contribution in [-0.2, 0) is 13.0 Å². The normalized spacial score (nSPS) is 11.2. The molecule has 0 atom stereocenters. The summed E-state index contributed by atoms with van der Waals surface area (Å²) in [5.41, 5.74) is 0.816. The number of rotatable bonds is 7. The van der Waals surface area contributed by atoms with Crippen LogP contribution in [0.5, 0.6) is 0 Å². The highest BCUT2D eigenvalue weighted by molar-refractivity contribution is 14.0. The molecule has 3 aromatic rings. The molecule has 6 nitrogen and oxygen atoms in total. The average molecular weight is 503 g/mol. The molecule has 3 heterocycles. The molecule has 0 saturated carbocycles. The van der Waals surface area contributed by atoms with Crippen LogP contribution in [-0.4, -0.2) is 29.0 Å². The molecule has 0 aliphatic heterocycles. The summed E-state index contributed by atoms with van der Waals surface area (Å²) in [7, 11) is 0. The molecule has 0 amide bonds. The number of aromatic nitrogens is 2. The lowest BCUT2D eigenvalue weighted by Gasteiger charge is -2.10. The van der Waals surface area contributed by atoms with Gasteiger partial charge in [-0.05, 0) is 25.3 Å². The van der Waals surface area contributed by atoms with Crippen LogP contribution in [0.25, 0.3) is 10.8 Å². The number of oxazole rings is 1. The second-order valence-corrected chi connectivity index (χ2v) is 7.62. The van der Waals surface area contributed by atoms with Gasteiger partial charge in [0.15, 0.2) is 5.96 Å². The fraction of sp³-hybridized carbons (Fsp3) is 0.353. The van der Waals surface area contributed by atoms with Crippen LogP contribution < -0.4 is 10.6 Å². The molecule has 2 N–H and O–H groups in total. The number of hydrogen-bond acceptors (Lipinski definition) is 6. The van der Waals surface area contributed by atoms with E-state index in [9.17, 15) is 0 Å². The lowest BCUT2D eigenvalue weighted by Crippen LogP contribution is -2.38. The van der Waals surface area contributed by atoms with Crippen LogP contribution in [0, 0.1) is 6.92 Å². The van der Waals surface area contributed by atoms with Crippen LogP contribution in [0.2, 0.25) is 0 Å². The van der Waals surface area contributed by atoms with E-state index in [0.717, 1.165) is 41.0 Å². The van der Waals surface area contributed by atoms with Gasteiger partial charge in [-0.3, -0.25) is 0 Å². The van der Waals surface area contributed by atoms with Crippen molar-refractivity contribution in [3.05, 3.63) is 45.6 Å². The van der Waals surface area contributed by atoms with Crippen molar-refractivity contribution in [2.24, 2.45) is 4.99 Å². The molecule has 0 radical (unpaired) electrons. The lowest BCUT2D eigenvalue weighted by atomic mass is 10.4. The average Bonchev–Trinajstić information content (AvgIpc) is 3.34. The van der Waals surface area contributed by atoms with Crippen LogP contribution in [0.4, 0.5) is 0 Å². The number of nitrogens with one attached hydrogen (secondary N) is 2. The van der Waals surface area contributed by atoms with E-state index in [2.05, 4.69) is 32.5 Å². The molecule has 0 bridgehead atoms. The number of halogens is 1. The predicted octanol–water partition coefficient (Wildman–Crippen LogP) is 4.08. The van der Waals surface area contributed by atoms with Gasteiger partial charge in [0.1, 0.15) is 12.0 Å². The summed E-state index contributed by atoms with van der Waals surface area (Å²) in [5.74, 6) is 1.42. The first kappa shape index (κ1) is 20.8. The van der Waals surface area contributed by atoms with Gasteiger partial charge in [0, 0.05) is 30.6 Å². The fourth-order valence-corrected chi connectivity index (χ4v) is 3.64. The standard InChI is InChI=1S/C17H21N5OS2.HI/c1-3-18-17(19-7-6-15-20-9-12(2)25-15)21-10-13-11-23-16(22-13)14-5-4-8-24-14;/h4-5,8-9,11H,3,6-7,10H2,1-2H3,(H2,18,19,21);1H. The topological polar surface area (TPSA) is 75.3 Å². The van der Waals surface area contributed by atoms with E-state index in [0.29, 0.717) is 12.4 Å². The summed E-state index contributed by atoms with van der Waals surface area (Å²) >= 11 is 3.34.